The van der Waals surface area contributed by atoms with Gasteiger partial charge in [0.2, 0.25) is 0 Å². The summed E-state index contributed by atoms with van der Waals surface area (Å²) >= 11 is 5.96. The maximum Gasteiger partial charge on any atom is 0.255 e. The highest BCUT2D eigenvalue weighted by Gasteiger charge is 2.39. The number of aromatic nitrogens is 1. The molecule has 1 heterocycles. The number of hydrogen-bond acceptors (Lipinski definition) is 3. The topological polar surface area (TPSA) is 45.2 Å². The Balaban J connectivity index is 1.62. The number of nitrogens with zero attached hydrogens (tertiary/aromatic N) is 2. The Morgan fingerprint density at radius 1 is 1.06 bits per heavy atom. The van der Waals surface area contributed by atoms with Gasteiger partial charge in [-0.2, -0.15) is 0 Å². The molecule has 1 N–H and O–H groups in total. The third-order valence-corrected chi connectivity index (χ3v) is 5.99. The number of anilines is 1. The van der Waals surface area contributed by atoms with E-state index in [-0.39, 0.29) is 11.9 Å². The van der Waals surface area contributed by atoms with E-state index in [2.05, 4.69) is 41.2 Å². The molecule has 0 saturated heterocycles. The molecule has 2 aromatic carbocycles. The Bertz CT molecular complexity index is 1020. The highest BCUT2D eigenvalue weighted by molar-refractivity contribution is 6.30. The second kappa shape index (κ2) is 9.52. The molecule has 0 spiro atoms. The van der Waals surface area contributed by atoms with Crippen LogP contribution in [0.5, 0.6) is 0 Å². The van der Waals surface area contributed by atoms with Crippen LogP contribution in [-0.2, 0) is 0 Å². The van der Waals surface area contributed by atoms with Crippen molar-refractivity contribution in [3.05, 3.63) is 83.5 Å². The Morgan fingerprint density at radius 2 is 1.77 bits per heavy atom. The fraction of sp³-hybridized carbons (Fsp3) is 0.308. The zero-order valence-corrected chi connectivity index (χ0v) is 18.7. The summed E-state index contributed by atoms with van der Waals surface area (Å²) in [7, 11) is 0. The number of nitrogens with one attached hydrogen (secondary N) is 1. The second-order valence-electron chi connectivity index (χ2n) is 8.41. The maximum absolute atomic E-state index is 13.9. The Kier molecular flexibility index (Phi) is 6.57. The van der Waals surface area contributed by atoms with E-state index >= 15 is 0 Å². The Morgan fingerprint density at radius 3 is 2.42 bits per heavy atom. The van der Waals surface area contributed by atoms with E-state index in [1.807, 2.05) is 54.6 Å². The minimum Gasteiger partial charge on any atom is -0.368 e. The van der Waals surface area contributed by atoms with Gasteiger partial charge in [0.1, 0.15) is 5.82 Å². The lowest BCUT2D eigenvalue weighted by atomic mass is 9.96. The summed E-state index contributed by atoms with van der Waals surface area (Å²) in [6.45, 7) is 4.99. The number of carbonyl (C=O) groups excluding carboxylic acids is 1. The molecule has 1 fully saturated rings. The number of hydrogen-bond donors (Lipinski definition) is 1. The molecular formula is C26H28ClN3O. The van der Waals surface area contributed by atoms with Gasteiger partial charge in [-0.15, -0.1) is 0 Å². The van der Waals surface area contributed by atoms with Gasteiger partial charge in [0, 0.05) is 24.3 Å². The van der Waals surface area contributed by atoms with Crippen LogP contribution < -0.4 is 5.32 Å². The molecule has 0 unspecified atom stereocenters. The quantitative estimate of drug-likeness (QED) is 0.463. The summed E-state index contributed by atoms with van der Waals surface area (Å²) in [4.78, 5) is 20.3. The minimum atomic E-state index is 0.0568. The van der Waals surface area contributed by atoms with Crippen molar-refractivity contribution in [3.8, 4) is 11.1 Å². The van der Waals surface area contributed by atoms with E-state index in [0.29, 0.717) is 23.5 Å². The van der Waals surface area contributed by atoms with Gasteiger partial charge >= 0.3 is 0 Å². The third kappa shape index (κ3) is 5.08. The molecule has 3 aromatic rings. The predicted molar refractivity (Wildman–Crippen MR) is 127 cm³/mol. The fourth-order valence-corrected chi connectivity index (χ4v) is 4.07. The normalized spacial score (nSPS) is 14.3. The monoisotopic (exact) mass is 433 g/mol. The molecule has 4 rings (SSSR count). The molecule has 0 radical (unpaired) electrons. The number of carbonyl (C=O) groups is 1. The summed E-state index contributed by atoms with van der Waals surface area (Å²) in [5.41, 5.74) is 2.80. The summed E-state index contributed by atoms with van der Waals surface area (Å²) < 4.78 is 0. The van der Waals surface area contributed by atoms with Crippen molar-refractivity contribution in [3.63, 3.8) is 0 Å². The summed E-state index contributed by atoms with van der Waals surface area (Å²) in [6.07, 6.45) is 3.75. The molecule has 31 heavy (non-hydrogen) atoms. The Hall–Kier alpha value is -2.85. The van der Waals surface area contributed by atoms with Gasteiger partial charge in [-0.05, 0) is 48.1 Å². The first kappa shape index (κ1) is 21.4. The third-order valence-electron chi connectivity index (χ3n) is 5.76. The maximum atomic E-state index is 13.9. The van der Waals surface area contributed by atoms with Crippen molar-refractivity contribution < 1.29 is 4.79 Å². The van der Waals surface area contributed by atoms with Crippen LogP contribution in [0.25, 0.3) is 11.1 Å². The first-order valence-corrected chi connectivity index (χ1v) is 11.2. The number of rotatable bonds is 8. The van der Waals surface area contributed by atoms with Crippen LogP contribution in [0.2, 0.25) is 5.02 Å². The van der Waals surface area contributed by atoms with E-state index < -0.39 is 0 Å². The van der Waals surface area contributed by atoms with Crippen molar-refractivity contribution in [2.24, 2.45) is 5.92 Å². The summed E-state index contributed by atoms with van der Waals surface area (Å²) in [5.74, 6) is 1.17. The average Bonchev–Trinajstić information content (AvgIpc) is 3.63. The SMILES string of the molecule is CC(C)[C@@H](CNc1ccc(Cl)cn1)N(C(=O)c1ccccc1-c1ccccc1)C1CC1. The largest absolute Gasteiger partial charge is 0.368 e. The van der Waals surface area contributed by atoms with Crippen LogP contribution in [0.1, 0.15) is 37.0 Å². The Labute approximate surface area is 189 Å². The van der Waals surface area contributed by atoms with Gasteiger partial charge in [-0.25, -0.2) is 4.98 Å². The van der Waals surface area contributed by atoms with Crippen LogP contribution in [0.4, 0.5) is 5.82 Å². The van der Waals surface area contributed by atoms with Crippen LogP contribution in [0.3, 0.4) is 0 Å². The lowest BCUT2D eigenvalue weighted by Gasteiger charge is -2.35. The molecule has 1 aromatic heterocycles. The number of benzene rings is 2. The standard InChI is InChI=1S/C26H28ClN3O/c1-18(2)24(17-29-25-15-12-20(27)16-28-25)30(21-13-14-21)26(31)23-11-7-6-10-22(23)19-8-4-3-5-9-19/h3-12,15-16,18,21,24H,13-14,17H2,1-2H3,(H,28,29)/t24-/m1/s1. The van der Waals surface area contributed by atoms with Crippen LogP contribution >= 0.6 is 11.6 Å². The molecule has 0 bridgehead atoms. The summed E-state index contributed by atoms with van der Waals surface area (Å²) in [5, 5.41) is 4.01. The predicted octanol–water partition coefficient (Wildman–Crippen LogP) is 6.14. The van der Waals surface area contributed by atoms with Gasteiger partial charge in [0.25, 0.3) is 5.91 Å². The number of pyridine rings is 1. The van der Waals surface area contributed by atoms with E-state index in [1.54, 1.807) is 6.20 Å². The molecule has 1 aliphatic carbocycles. The van der Waals surface area contributed by atoms with E-state index in [1.165, 1.54) is 0 Å². The molecular weight excluding hydrogens is 406 g/mol. The van der Waals surface area contributed by atoms with Gasteiger partial charge < -0.3 is 10.2 Å². The second-order valence-corrected chi connectivity index (χ2v) is 8.85. The molecule has 1 atom stereocenters. The van der Waals surface area contributed by atoms with E-state index in [9.17, 15) is 4.79 Å². The van der Waals surface area contributed by atoms with Crippen LogP contribution in [0, 0.1) is 5.92 Å². The minimum absolute atomic E-state index is 0.0568. The van der Waals surface area contributed by atoms with E-state index in [4.69, 9.17) is 11.6 Å². The molecule has 0 aliphatic heterocycles. The van der Waals surface area contributed by atoms with Crippen LogP contribution in [-0.4, -0.2) is 34.4 Å². The first-order valence-electron chi connectivity index (χ1n) is 10.9. The lowest BCUT2D eigenvalue weighted by Crippen LogP contribution is -2.48. The summed E-state index contributed by atoms with van der Waals surface area (Å²) in [6, 6.07) is 22.1. The zero-order valence-electron chi connectivity index (χ0n) is 18.0. The first-order chi connectivity index (χ1) is 15.0. The fourth-order valence-electron chi connectivity index (χ4n) is 3.96. The van der Waals surface area contributed by atoms with Gasteiger partial charge in [0.15, 0.2) is 0 Å². The van der Waals surface area contributed by atoms with Gasteiger partial charge in [0.05, 0.1) is 11.1 Å². The van der Waals surface area contributed by atoms with Crippen molar-refractivity contribution >= 4 is 23.3 Å². The van der Waals surface area contributed by atoms with Crippen molar-refractivity contribution in [2.45, 2.75) is 38.8 Å². The van der Waals surface area contributed by atoms with Gasteiger partial charge in [-0.3, -0.25) is 4.79 Å². The molecule has 1 amide bonds. The molecule has 160 valence electrons. The van der Waals surface area contributed by atoms with Crippen molar-refractivity contribution in [2.75, 3.05) is 11.9 Å². The molecule has 5 heteroatoms. The molecule has 4 nitrogen and oxygen atoms in total. The van der Waals surface area contributed by atoms with E-state index in [0.717, 1.165) is 35.3 Å². The lowest BCUT2D eigenvalue weighted by molar-refractivity contribution is 0.0620. The van der Waals surface area contributed by atoms with Crippen LogP contribution in [0.15, 0.2) is 72.9 Å². The number of amides is 1. The smallest absolute Gasteiger partial charge is 0.255 e. The average molecular weight is 434 g/mol. The highest BCUT2D eigenvalue weighted by atomic mass is 35.5. The zero-order chi connectivity index (χ0) is 21.8. The van der Waals surface area contributed by atoms with Gasteiger partial charge in [-0.1, -0.05) is 74.0 Å². The molecule has 1 aliphatic rings. The molecule has 1 saturated carbocycles. The number of halogens is 1. The van der Waals surface area contributed by atoms with Crippen molar-refractivity contribution in [1.82, 2.24) is 9.88 Å². The highest BCUT2D eigenvalue weighted by Crippen LogP contribution is 2.34. The van der Waals surface area contributed by atoms with Crippen molar-refractivity contribution in [1.29, 1.82) is 0 Å².